The molecule has 4 saturated carbocycles. The molecule has 0 saturated heterocycles. The average molecular weight is 440 g/mol. The number of allylic oxidation sites excluding steroid dienone is 1. The molecule has 2 nitrogen and oxygen atoms in total. The number of fused-ring (bicyclic) bond motifs is 5. The number of ether oxygens (including phenoxy) is 1. The van der Waals surface area contributed by atoms with Crippen LogP contribution in [0.25, 0.3) is 0 Å². The number of hydrogen-bond donors (Lipinski definition) is 0. The minimum atomic E-state index is -0.174. The standard InChI is InChI=1S/C30H49NO/c1-21(2)8-7-9-22(3)25-10-11-26-24-13-17-30(20-31)18-23(19-32-6)12-16-29(30,5)27(24)14-15-28(25,26)4/h19,21-22,24-27H,7-18H2,1-6H3/b23-19-/t22-,24+,25-,26+,27+,28-,29-,30+/m1/s1. The smallest absolute Gasteiger partial charge is 0.0817 e. The lowest BCUT2D eigenvalue weighted by Crippen LogP contribution is -2.57. The van der Waals surface area contributed by atoms with Gasteiger partial charge in [0.15, 0.2) is 0 Å². The van der Waals surface area contributed by atoms with Crippen molar-refractivity contribution in [1.82, 2.24) is 0 Å². The molecule has 0 aliphatic heterocycles. The van der Waals surface area contributed by atoms with Crippen LogP contribution in [0.15, 0.2) is 11.8 Å². The van der Waals surface area contributed by atoms with Crippen LogP contribution >= 0.6 is 0 Å². The molecule has 4 aliphatic rings. The molecule has 4 rings (SSSR count). The Bertz CT molecular complexity index is 748. The molecule has 0 aromatic rings. The van der Waals surface area contributed by atoms with Gasteiger partial charge in [0.1, 0.15) is 0 Å². The lowest BCUT2D eigenvalue weighted by molar-refractivity contribution is -0.133. The molecule has 0 heterocycles. The summed E-state index contributed by atoms with van der Waals surface area (Å²) in [6.45, 7) is 12.5. The summed E-state index contributed by atoms with van der Waals surface area (Å²) in [7, 11) is 1.75. The van der Waals surface area contributed by atoms with E-state index >= 15 is 0 Å². The van der Waals surface area contributed by atoms with E-state index in [0.717, 1.165) is 54.8 Å². The van der Waals surface area contributed by atoms with Gasteiger partial charge in [0, 0.05) is 0 Å². The van der Waals surface area contributed by atoms with Crippen LogP contribution in [0.2, 0.25) is 0 Å². The van der Waals surface area contributed by atoms with Gasteiger partial charge in [0.2, 0.25) is 0 Å². The molecule has 0 bridgehead atoms. The van der Waals surface area contributed by atoms with Crippen LogP contribution in [-0.4, -0.2) is 7.11 Å². The van der Waals surface area contributed by atoms with Crippen LogP contribution in [0.3, 0.4) is 0 Å². The summed E-state index contributed by atoms with van der Waals surface area (Å²) in [6, 6.07) is 2.91. The molecular weight excluding hydrogens is 390 g/mol. The van der Waals surface area contributed by atoms with Crippen molar-refractivity contribution >= 4 is 0 Å². The normalized spacial score (nSPS) is 45.6. The van der Waals surface area contributed by atoms with Crippen molar-refractivity contribution in [2.75, 3.05) is 7.11 Å². The summed E-state index contributed by atoms with van der Waals surface area (Å²) >= 11 is 0. The third-order valence-corrected chi connectivity index (χ3v) is 11.4. The number of methoxy groups -OCH3 is 1. The summed E-state index contributed by atoms with van der Waals surface area (Å²) in [5.41, 5.74) is 1.91. The van der Waals surface area contributed by atoms with E-state index in [9.17, 15) is 5.26 Å². The largest absolute Gasteiger partial charge is 0.504 e. The minimum Gasteiger partial charge on any atom is -0.504 e. The summed E-state index contributed by atoms with van der Waals surface area (Å²) in [5.74, 6) is 5.10. The SMILES string of the molecule is CO/C=C1/CC[C@]2(C)[C@H]3CC[C@]4(C)[C@@H]([C@H](C)CCCC(C)C)CC[C@H]4[C@@H]3CC[C@@]2(C#N)C1. The average Bonchev–Trinajstić information content (AvgIpc) is 3.11. The van der Waals surface area contributed by atoms with E-state index in [-0.39, 0.29) is 10.8 Å². The Kier molecular flexibility index (Phi) is 6.80. The maximum Gasteiger partial charge on any atom is 0.0817 e. The van der Waals surface area contributed by atoms with Gasteiger partial charge in [-0.2, -0.15) is 5.26 Å². The first kappa shape index (κ1) is 24.2. The molecule has 0 aromatic carbocycles. The van der Waals surface area contributed by atoms with Gasteiger partial charge < -0.3 is 4.74 Å². The molecule has 0 N–H and O–H groups in total. The number of nitrogens with zero attached hydrogens (tertiary/aromatic N) is 1. The number of hydrogen-bond acceptors (Lipinski definition) is 2. The molecule has 0 aromatic heterocycles. The molecule has 2 heteroatoms. The molecule has 8 atom stereocenters. The molecular formula is C30H49NO. The van der Waals surface area contributed by atoms with E-state index < -0.39 is 0 Å². The highest BCUT2D eigenvalue weighted by Crippen LogP contribution is 2.71. The highest BCUT2D eigenvalue weighted by atomic mass is 16.5. The van der Waals surface area contributed by atoms with Gasteiger partial charge >= 0.3 is 0 Å². The third kappa shape index (κ3) is 3.75. The summed E-state index contributed by atoms with van der Waals surface area (Å²) in [4.78, 5) is 0. The minimum absolute atomic E-state index is 0.174. The second-order valence-electron chi connectivity index (χ2n) is 13.2. The van der Waals surface area contributed by atoms with Crippen LogP contribution in [0, 0.1) is 63.1 Å². The fourth-order valence-electron chi connectivity index (χ4n) is 9.66. The quantitative estimate of drug-likeness (QED) is 0.388. The van der Waals surface area contributed by atoms with Crippen LogP contribution in [0.5, 0.6) is 0 Å². The second-order valence-corrected chi connectivity index (χ2v) is 13.2. The summed E-state index contributed by atoms with van der Waals surface area (Å²) < 4.78 is 5.36. The Morgan fingerprint density at radius 1 is 1.03 bits per heavy atom. The molecule has 0 radical (unpaired) electrons. The van der Waals surface area contributed by atoms with E-state index in [0.29, 0.717) is 5.41 Å². The van der Waals surface area contributed by atoms with Crippen molar-refractivity contribution < 1.29 is 4.74 Å². The highest BCUT2D eigenvalue weighted by Gasteiger charge is 2.64. The molecule has 0 spiro atoms. The molecule has 4 fully saturated rings. The van der Waals surface area contributed by atoms with E-state index in [4.69, 9.17) is 4.74 Å². The Morgan fingerprint density at radius 2 is 1.81 bits per heavy atom. The second kappa shape index (κ2) is 9.00. The number of rotatable bonds is 6. The lowest BCUT2D eigenvalue weighted by atomic mass is 9.40. The first-order chi connectivity index (χ1) is 15.2. The van der Waals surface area contributed by atoms with Gasteiger partial charge in [-0.15, -0.1) is 0 Å². The monoisotopic (exact) mass is 439 g/mol. The van der Waals surface area contributed by atoms with Crippen molar-refractivity contribution in [2.24, 2.45) is 51.8 Å². The van der Waals surface area contributed by atoms with Gasteiger partial charge in [-0.05, 0) is 110 Å². The lowest BCUT2D eigenvalue weighted by Gasteiger charge is -2.63. The van der Waals surface area contributed by atoms with Crippen LogP contribution in [0.4, 0.5) is 0 Å². The van der Waals surface area contributed by atoms with Gasteiger partial charge in [-0.3, -0.25) is 0 Å². The maximum atomic E-state index is 10.5. The highest BCUT2D eigenvalue weighted by molar-refractivity contribution is 5.25. The van der Waals surface area contributed by atoms with Crippen LogP contribution in [0.1, 0.15) is 112 Å². The number of nitriles is 1. The van der Waals surface area contributed by atoms with Crippen molar-refractivity contribution in [2.45, 2.75) is 112 Å². The van der Waals surface area contributed by atoms with Crippen LogP contribution in [-0.2, 0) is 4.74 Å². The molecule has 180 valence electrons. The van der Waals surface area contributed by atoms with Gasteiger partial charge in [0.25, 0.3) is 0 Å². The first-order valence-electron chi connectivity index (χ1n) is 13.8. The van der Waals surface area contributed by atoms with E-state index in [1.165, 1.54) is 63.4 Å². The maximum absolute atomic E-state index is 10.5. The third-order valence-electron chi connectivity index (χ3n) is 11.4. The molecule has 0 amide bonds. The van der Waals surface area contributed by atoms with Crippen molar-refractivity contribution in [3.63, 3.8) is 0 Å². The van der Waals surface area contributed by atoms with E-state index in [1.807, 2.05) is 6.26 Å². The fourth-order valence-corrected chi connectivity index (χ4v) is 9.66. The zero-order chi connectivity index (χ0) is 23.1. The van der Waals surface area contributed by atoms with Crippen molar-refractivity contribution in [1.29, 1.82) is 5.26 Å². The van der Waals surface area contributed by atoms with E-state index in [2.05, 4.69) is 40.7 Å². The van der Waals surface area contributed by atoms with Crippen LogP contribution < -0.4 is 0 Å². The fraction of sp³-hybridized carbons (Fsp3) is 0.900. The predicted octanol–water partition coefficient (Wildman–Crippen LogP) is 8.53. The summed E-state index contributed by atoms with van der Waals surface area (Å²) in [6.07, 6.45) is 17.4. The van der Waals surface area contributed by atoms with Crippen molar-refractivity contribution in [3.8, 4) is 6.07 Å². The molecule has 32 heavy (non-hydrogen) atoms. The Balaban J connectivity index is 1.52. The zero-order valence-electron chi connectivity index (χ0n) is 21.9. The van der Waals surface area contributed by atoms with Gasteiger partial charge in [-0.25, -0.2) is 0 Å². The Morgan fingerprint density at radius 3 is 2.50 bits per heavy atom. The topological polar surface area (TPSA) is 33.0 Å². The van der Waals surface area contributed by atoms with Gasteiger partial charge in [-0.1, -0.05) is 53.9 Å². The predicted molar refractivity (Wildman–Crippen MR) is 133 cm³/mol. The van der Waals surface area contributed by atoms with E-state index in [1.54, 1.807) is 7.11 Å². The summed E-state index contributed by atoms with van der Waals surface area (Å²) in [5, 5.41) is 10.5. The Hall–Kier alpha value is -0.970. The van der Waals surface area contributed by atoms with Gasteiger partial charge in [0.05, 0.1) is 24.9 Å². The molecule has 0 unspecified atom stereocenters. The zero-order valence-corrected chi connectivity index (χ0v) is 21.9. The molecule has 4 aliphatic carbocycles. The Labute approximate surface area is 198 Å². The van der Waals surface area contributed by atoms with Crippen molar-refractivity contribution in [3.05, 3.63) is 11.8 Å². The first-order valence-corrected chi connectivity index (χ1v) is 13.8.